The largest absolute Gasteiger partial charge is 0.752 e. The SMILES string of the molecule is NC1(c2ccc(O)cc2)O[P+](=O)O[P+](=O)O1. The molecule has 0 saturated carbocycles. The van der Waals surface area contributed by atoms with E-state index in [0.717, 1.165) is 0 Å². The Bertz CT molecular complexity index is 431. The zero-order valence-electron chi connectivity index (χ0n) is 7.77. The van der Waals surface area contributed by atoms with Gasteiger partial charge in [0.05, 0.1) is 0 Å². The maximum Gasteiger partial charge on any atom is 0.752 e. The third-order valence-corrected chi connectivity index (χ3v) is 3.73. The Kier molecular flexibility index (Phi) is 2.99. The van der Waals surface area contributed by atoms with Gasteiger partial charge in [-0.1, -0.05) is 9.05 Å². The van der Waals surface area contributed by atoms with Gasteiger partial charge in [0.25, 0.3) is 0 Å². The summed E-state index contributed by atoms with van der Waals surface area (Å²) in [5.41, 5.74) is 5.90. The van der Waals surface area contributed by atoms with E-state index in [4.69, 9.17) is 19.9 Å². The minimum Gasteiger partial charge on any atom is -0.508 e. The van der Waals surface area contributed by atoms with Crippen LogP contribution in [0, 0.1) is 0 Å². The zero-order valence-corrected chi connectivity index (χ0v) is 9.56. The van der Waals surface area contributed by atoms with E-state index in [1.54, 1.807) is 0 Å². The molecular weight excluding hydrogens is 256 g/mol. The molecule has 1 heterocycles. The first-order valence-electron chi connectivity index (χ1n) is 4.09. The summed E-state index contributed by atoms with van der Waals surface area (Å²) in [5, 5.41) is 9.08. The number of benzene rings is 1. The lowest BCUT2D eigenvalue weighted by Gasteiger charge is -2.17. The van der Waals surface area contributed by atoms with Crippen LogP contribution in [0.3, 0.4) is 0 Å². The molecule has 2 rings (SSSR count). The Hall–Kier alpha value is -0.940. The third kappa shape index (κ3) is 2.25. The predicted octanol–water partition coefficient (Wildman–Crippen LogP) is 1.84. The summed E-state index contributed by atoms with van der Waals surface area (Å²) in [6, 6.07) is 5.47. The Morgan fingerprint density at radius 1 is 1.12 bits per heavy atom. The summed E-state index contributed by atoms with van der Waals surface area (Å²) in [5.74, 6) is -1.87. The Morgan fingerprint density at radius 3 is 2.12 bits per heavy atom. The van der Waals surface area contributed by atoms with Crippen LogP contribution in [-0.2, 0) is 28.4 Å². The van der Waals surface area contributed by atoms with Crippen molar-refractivity contribution in [3.05, 3.63) is 29.8 Å². The second-order valence-corrected chi connectivity index (χ2v) is 4.84. The molecule has 1 aliphatic heterocycles. The van der Waals surface area contributed by atoms with Crippen molar-refractivity contribution in [2.24, 2.45) is 5.73 Å². The molecule has 9 heteroatoms. The number of rotatable bonds is 1. The highest BCUT2D eigenvalue weighted by Crippen LogP contribution is 2.53. The smallest absolute Gasteiger partial charge is 0.508 e. The van der Waals surface area contributed by atoms with E-state index in [1.807, 2.05) is 0 Å². The fourth-order valence-corrected chi connectivity index (χ4v) is 2.61. The summed E-state index contributed by atoms with van der Waals surface area (Å²) in [6.45, 7) is 0. The monoisotopic (exact) mass is 263 g/mol. The summed E-state index contributed by atoms with van der Waals surface area (Å²) in [6.07, 6.45) is 0. The van der Waals surface area contributed by atoms with E-state index in [2.05, 4.69) is 4.31 Å². The molecular formula is C7H7NO6P2+2. The lowest BCUT2D eigenvalue weighted by molar-refractivity contribution is -0.131. The van der Waals surface area contributed by atoms with Gasteiger partial charge in [0.2, 0.25) is 0 Å². The summed E-state index contributed by atoms with van der Waals surface area (Å²) < 4.78 is 35.8. The van der Waals surface area contributed by atoms with Gasteiger partial charge in [-0.05, 0) is 24.3 Å². The molecule has 84 valence electrons. The summed E-state index contributed by atoms with van der Waals surface area (Å²) in [7, 11) is -5.19. The summed E-state index contributed by atoms with van der Waals surface area (Å²) in [4.78, 5) is 0. The Balaban J connectivity index is 2.33. The molecule has 0 spiro atoms. The summed E-state index contributed by atoms with van der Waals surface area (Å²) >= 11 is 0. The molecule has 0 amide bonds. The van der Waals surface area contributed by atoms with Gasteiger partial charge >= 0.3 is 22.4 Å². The van der Waals surface area contributed by atoms with Crippen LogP contribution in [0.2, 0.25) is 0 Å². The number of aromatic hydroxyl groups is 1. The van der Waals surface area contributed by atoms with Crippen molar-refractivity contribution >= 4 is 16.5 Å². The molecule has 0 aliphatic carbocycles. The maximum absolute atomic E-state index is 11.0. The van der Waals surface area contributed by atoms with Gasteiger partial charge in [-0.2, -0.15) is 0 Å². The molecule has 2 atom stereocenters. The highest BCUT2D eigenvalue weighted by atomic mass is 31.2. The molecule has 0 radical (unpaired) electrons. The van der Waals surface area contributed by atoms with Gasteiger partial charge in [0.15, 0.2) is 4.31 Å². The van der Waals surface area contributed by atoms with Crippen LogP contribution < -0.4 is 5.73 Å². The van der Waals surface area contributed by atoms with E-state index < -0.39 is 22.4 Å². The Morgan fingerprint density at radius 2 is 1.62 bits per heavy atom. The molecule has 1 aliphatic rings. The maximum atomic E-state index is 11.0. The van der Waals surface area contributed by atoms with Crippen LogP contribution in [0.15, 0.2) is 24.3 Å². The van der Waals surface area contributed by atoms with E-state index in [-0.39, 0.29) is 11.3 Å². The quantitative estimate of drug-likeness (QED) is 0.744. The molecule has 1 fully saturated rings. The molecule has 1 aromatic carbocycles. The fourth-order valence-electron chi connectivity index (χ4n) is 1.13. The molecule has 1 saturated heterocycles. The average molecular weight is 263 g/mol. The normalized spacial score (nSPS) is 30.3. The molecule has 0 bridgehead atoms. The minimum absolute atomic E-state index is 0.0215. The lowest BCUT2D eigenvalue weighted by atomic mass is 10.1. The first-order chi connectivity index (χ1) is 7.49. The molecule has 7 nitrogen and oxygen atoms in total. The van der Waals surface area contributed by atoms with Gasteiger partial charge in [-0.3, -0.25) is 5.73 Å². The highest BCUT2D eigenvalue weighted by molar-refractivity contribution is 7.48. The standard InChI is InChI=1S/C7H6NO6P2/c8-7(5-1-3-6(9)4-2-5)12-15(10)14-16(11)13-7/h1-4H,8H2/q+1/p+1. The highest BCUT2D eigenvalue weighted by Gasteiger charge is 2.60. The van der Waals surface area contributed by atoms with Crippen molar-refractivity contribution < 1.29 is 27.6 Å². The lowest BCUT2D eigenvalue weighted by Crippen LogP contribution is -2.40. The number of phenolic OH excluding ortho intramolecular Hbond substituents is 1. The van der Waals surface area contributed by atoms with Gasteiger partial charge in [0.1, 0.15) is 5.75 Å². The number of phenols is 1. The van der Waals surface area contributed by atoms with Gasteiger partial charge in [-0.15, -0.1) is 0 Å². The van der Waals surface area contributed by atoms with E-state index >= 15 is 0 Å². The second-order valence-electron chi connectivity index (χ2n) is 2.93. The fraction of sp³-hybridized carbons (Fsp3) is 0.143. The van der Waals surface area contributed by atoms with Crippen molar-refractivity contribution in [1.29, 1.82) is 0 Å². The topological polar surface area (TPSA) is 108 Å². The van der Waals surface area contributed by atoms with E-state index in [0.29, 0.717) is 0 Å². The van der Waals surface area contributed by atoms with Crippen molar-refractivity contribution in [2.45, 2.75) is 5.91 Å². The predicted molar refractivity (Wildman–Crippen MR) is 52.4 cm³/mol. The van der Waals surface area contributed by atoms with Crippen LogP contribution >= 0.6 is 16.5 Å². The van der Waals surface area contributed by atoms with Crippen molar-refractivity contribution in [3.8, 4) is 5.75 Å². The molecule has 2 unspecified atom stereocenters. The molecule has 0 aromatic heterocycles. The Labute approximate surface area is 92.0 Å². The van der Waals surface area contributed by atoms with Crippen LogP contribution in [0.1, 0.15) is 5.56 Å². The van der Waals surface area contributed by atoms with Crippen molar-refractivity contribution in [2.75, 3.05) is 0 Å². The second kappa shape index (κ2) is 4.14. The molecule has 1 aromatic rings. The molecule has 16 heavy (non-hydrogen) atoms. The number of hydrogen-bond acceptors (Lipinski definition) is 7. The van der Waals surface area contributed by atoms with Crippen LogP contribution in [0.25, 0.3) is 0 Å². The van der Waals surface area contributed by atoms with Gasteiger partial charge in [-0.25, -0.2) is 0 Å². The van der Waals surface area contributed by atoms with Crippen molar-refractivity contribution in [3.63, 3.8) is 0 Å². The number of hydrogen-bond donors (Lipinski definition) is 2. The zero-order chi connectivity index (χ0) is 11.8. The number of nitrogens with two attached hydrogens (primary N) is 1. The van der Waals surface area contributed by atoms with Crippen LogP contribution in [0.4, 0.5) is 0 Å². The average Bonchev–Trinajstić information content (AvgIpc) is 2.16. The first-order valence-corrected chi connectivity index (χ1v) is 6.28. The molecule has 3 N–H and O–H groups in total. The van der Waals surface area contributed by atoms with Gasteiger partial charge < -0.3 is 5.11 Å². The first kappa shape index (κ1) is 11.5. The van der Waals surface area contributed by atoms with Crippen LogP contribution in [0.5, 0.6) is 5.75 Å². The van der Waals surface area contributed by atoms with Crippen LogP contribution in [-0.4, -0.2) is 5.11 Å². The van der Waals surface area contributed by atoms with Gasteiger partial charge in [0, 0.05) is 14.7 Å². The van der Waals surface area contributed by atoms with E-state index in [1.165, 1.54) is 24.3 Å². The minimum atomic E-state index is -2.60. The van der Waals surface area contributed by atoms with Crippen molar-refractivity contribution in [1.82, 2.24) is 0 Å². The third-order valence-electron chi connectivity index (χ3n) is 1.82. The van der Waals surface area contributed by atoms with E-state index in [9.17, 15) is 9.13 Å².